The summed E-state index contributed by atoms with van der Waals surface area (Å²) in [5.74, 6) is -2.03. The van der Waals surface area contributed by atoms with Gasteiger partial charge in [0.15, 0.2) is 5.44 Å². The lowest BCUT2D eigenvalue weighted by Crippen LogP contribution is -2.55. The van der Waals surface area contributed by atoms with Crippen molar-refractivity contribution in [2.75, 3.05) is 13.2 Å². The highest BCUT2D eigenvalue weighted by Crippen LogP contribution is 2.22. The highest BCUT2D eigenvalue weighted by Gasteiger charge is 2.36. The van der Waals surface area contributed by atoms with Crippen LogP contribution in [0.25, 0.3) is 0 Å². The third-order valence-electron chi connectivity index (χ3n) is 5.99. The molecule has 12 nitrogen and oxygen atoms in total. The Balaban J connectivity index is 2.09. The first-order valence-corrected chi connectivity index (χ1v) is 14.8. The number of benzene rings is 1. The third kappa shape index (κ3) is 9.33. The van der Waals surface area contributed by atoms with Crippen LogP contribution in [0.3, 0.4) is 0 Å². The number of carbonyl (C=O) groups is 3. The molecule has 38 heavy (non-hydrogen) atoms. The van der Waals surface area contributed by atoms with Crippen LogP contribution in [0.5, 0.6) is 0 Å². The van der Waals surface area contributed by atoms with E-state index in [-0.39, 0.29) is 31.3 Å². The first-order valence-electron chi connectivity index (χ1n) is 12.2. The molecule has 1 aliphatic heterocycles. The minimum Gasteiger partial charge on any atom is -0.746 e. The molecule has 1 heterocycles. The summed E-state index contributed by atoms with van der Waals surface area (Å²) in [6.07, 6.45) is -0.778. The first kappa shape index (κ1) is 31.7. The van der Waals surface area contributed by atoms with E-state index in [2.05, 4.69) is 16.0 Å². The standard InChI is InChI=1S/C24H37N3O9S2/c1-15(2)12-18(27-23(31)36-14-24(3,4)37(32)17-8-6-5-7-9-17)21(29)26-19(22(30)38(33,34)35)13-16-10-11-25-20(16)28/h5-9,15-16,18-19,22,30H,10-14H2,1-4H3,(H,25,28)(H,26,29)(H,27,31)(H,33,34,35)/p-1/t16-,18-,19-,22?,37?/m0/s1. The molecule has 214 valence electrons. The zero-order chi connectivity index (χ0) is 28.7. The van der Waals surface area contributed by atoms with Crippen LogP contribution < -0.4 is 16.0 Å². The Bertz CT molecular complexity index is 1110. The lowest BCUT2D eigenvalue weighted by atomic mass is 9.97. The molecule has 2 unspecified atom stereocenters. The van der Waals surface area contributed by atoms with Gasteiger partial charge in [0.2, 0.25) is 11.8 Å². The molecule has 3 amide bonds. The van der Waals surface area contributed by atoms with Crippen LogP contribution in [0.1, 0.15) is 47.0 Å². The van der Waals surface area contributed by atoms with Gasteiger partial charge in [0.25, 0.3) is 0 Å². The molecule has 0 bridgehead atoms. The second kappa shape index (κ2) is 13.5. The first-order chi connectivity index (χ1) is 17.6. The summed E-state index contributed by atoms with van der Waals surface area (Å²) in [5.41, 5.74) is -2.49. The van der Waals surface area contributed by atoms with E-state index < -0.39 is 61.1 Å². The lowest BCUT2D eigenvalue weighted by molar-refractivity contribution is -0.126. The number of hydrogen-bond donors (Lipinski definition) is 4. The van der Waals surface area contributed by atoms with Crippen molar-refractivity contribution in [3.63, 3.8) is 0 Å². The van der Waals surface area contributed by atoms with Crippen LogP contribution in [-0.2, 0) is 35.2 Å². The van der Waals surface area contributed by atoms with Gasteiger partial charge in [-0.15, -0.1) is 0 Å². The van der Waals surface area contributed by atoms with Crippen molar-refractivity contribution in [3.05, 3.63) is 30.3 Å². The van der Waals surface area contributed by atoms with E-state index in [0.717, 1.165) is 0 Å². The molecular weight excluding hydrogens is 538 g/mol. The summed E-state index contributed by atoms with van der Waals surface area (Å²) in [7, 11) is -6.72. The van der Waals surface area contributed by atoms with Gasteiger partial charge < -0.3 is 30.3 Å². The number of aliphatic hydroxyl groups excluding tert-OH is 1. The van der Waals surface area contributed by atoms with Crippen LogP contribution in [0, 0.1) is 11.8 Å². The molecule has 1 aromatic carbocycles. The Labute approximate surface area is 225 Å². The van der Waals surface area contributed by atoms with E-state index in [9.17, 15) is 36.7 Å². The van der Waals surface area contributed by atoms with Crippen molar-refractivity contribution in [3.8, 4) is 0 Å². The molecule has 0 spiro atoms. The zero-order valence-electron chi connectivity index (χ0n) is 21.8. The molecule has 4 N–H and O–H groups in total. The largest absolute Gasteiger partial charge is 0.746 e. The fourth-order valence-electron chi connectivity index (χ4n) is 3.95. The highest BCUT2D eigenvalue weighted by molar-refractivity contribution is 7.86. The lowest BCUT2D eigenvalue weighted by Gasteiger charge is -2.30. The summed E-state index contributed by atoms with van der Waals surface area (Å²) in [4.78, 5) is 38.2. The Morgan fingerprint density at radius 1 is 1.24 bits per heavy atom. The number of nitrogens with one attached hydrogen (secondary N) is 3. The van der Waals surface area contributed by atoms with Crippen molar-refractivity contribution in [1.82, 2.24) is 16.0 Å². The van der Waals surface area contributed by atoms with Crippen molar-refractivity contribution in [2.45, 2.75) is 74.1 Å². The molecule has 1 saturated heterocycles. The third-order valence-corrected chi connectivity index (χ3v) is 8.74. The quantitative estimate of drug-likeness (QED) is 0.244. The maximum absolute atomic E-state index is 13.1. The van der Waals surface area contributed by atoms with Crippen LogP contribution in [-0.4, -0.2) is 75.6 Å². The molecular formula is C24H36N3O9S2-. The van der Waals surface area contributed by atoms with Gasteiger partial charge in [-0.25, -0.2) is 13.2 Å². The fourth-order valence-corrected chi connectivity index (χ4v) is 5.74. The number of hydrogen-bond acceptors (Lipinski definition) is 9. The molecule has 2 rings (SSSR count). The highest BCUT2D eigenvalue weighted by atomic mass is 32.2. The van der Waals surface area contributed by atoms with E-state index in [1.54, 1.807) is 58.0 Å². The monoisotopic (exact) mass is 574 g/mol. The van der Waals surface area contributed by atoms with E-state index in [1.165, 1.54) is 0 Å². The average molecular weight is 575 g/mol. The van der Waals surface area contributed by atoms with Gasteiger partial charge in [0.05, 0.1) is 21.6 Å². The molecule has 0 saturated carbocycles. The normalized spacial score (nSPS) is 19.2. The van der Waals surface area contributed by atoms with Gasteiger partial charge in [-0.2, -0.15) is 0 Å². The number of carbonyl (C=O) groups excluding carboxylic acids is 3. The molecule has 0 aromatic heterocycles. The van der Waals surface area contributed by atoms with Crippen molar-refractivity contribution >= 4 is 38.8 Å². The van der Waals surface area contributed by atoms with Gasteiger partial charge in [-0.3, -0.25) is 13.8 Å². The minimum absolute atomic E-state index is 0.0969. The maximum atomic E-state index is 13.1. The summed E-state index contributed by atoms with van der Waals surface area (Å²) in [5, 5.41) is 17.4. The van der Waals surface area contributed by atoms with Crippen LogP contribution in [0.15, 0.2) is 35.2 Å². The van der Waals surface area contributed by atoms with E-state index >= 15 is 0 Å². The molecule has 1 fully saturated rings. The number of alkyl carbamates (subject to hydrolysis) is 1. The van der Waals surface area contributed by atoms with Gasteiger partial charge in [-0.05, 0) is 51.2 Å². The molecule has 0 radical (unpaired) electrons. The Morgan fingerprint density at radius 2 is 1.87 bits per heavy atom. The molecule has 14 heteroatoms. The molecule has 0 aliphatic carbocycles. The van der Waals surface area contributed by atoms with E-state index in [4.69, 9.17) is 4.74 Å². The number of ether oxygens (including phenoxy) is 1. The van der Waals surface area contributed by atoms with Gasteiger partial charge >= 0.3 is 6.09 Å². The second-order valence-electron chi connectivity index (χ2n) is 10.3. The topological polar surface area (TPSA) is 191 Å². The maximum Gasteiger partial charge on any atom is 0.407 e. The molecule has 1 aliphatic rings. The SMILES string of the molecule is CC(C)C[C@H](NC(=O)OCC(C)(C)S(=O)c1ccccc1)C(=O)N[C@@H](C[C@@H]1CCNC1=O)C(O)S(=O)(=O)[O-]. The summed E-state index contributed by atoms with van der Waals surface area (Å²) in [6, 6.07) is 5.90. The average Bonchev–Trinajstić information content (AvgIpc) is 3.24. The van der Waals surface area contributed by atoms with Crippen LogP contribution in [0.4, 0.5) is 4.79 Å². The number of aliphatic hydroxyl groups is 1. The number of rotatable bonds is 13. The summed E-state index contributed by atoms with van der Waals surface area (Å²) in [6.45, 7) is 7.02. The van der Waals surface area contributed by atoms with Crippen molar-refractivity contribution < 1.29 is 41.4 Å². The Kier molecular flexibility index (Phi) is 11.2. The smallest absolute Gasteiger partial charge is 0.407 e. The van der Waals surface area contributed by atoms with Gasteiger partial charge in [0, 0.05) is 17.4 Å². The second-order valence-corrected chi connectivity index (χ2v) is 13.8. The van der Waals surface area contributed by atoms with E-state index in [0.29, 0.717) is 17.9 Å². The summed E-state index contributed by atoms with van der Waals surface area (Å²) >= 11 is 0. The van der Waals surface area contributed by atoms with Crippen molar-refractivity contribution in [2.24, 2.45) is 11.8 Å². The fraction of sp³-hybridized carbons (Fsp3) is 0.625. The predicted octanol–water partition coefficient (Wildman–Crippen LogP) is 0.588. The van der Waals surface area contributed by atoms with Crippen molar-refractivity contribution in [1.29, 1.82) is 0 Å². The van der Waals surface area contributed by atoms with Gasteiger partial charge in [-0.1, -0.05) is 32.0 Å². The molecule has 1 aromatic rings. The molecule has 5 atom stereocenters. The van der Waals surface area contributed by atoms with Gasteiger partial charge in [0.1, 0.15) is 22.8 Å². The van der Waals surface area contributed by atoms with Crippen LogP contribution in [0.2, 0.25) is 0 Å². The van der Waals surface area contributed by atoms with E-state index in [1.807, 2.05) is 0 Å². The number of amides is 3. The van der Waals surface area contributed by atoms with Crippen LogP contribution >= 0.6 is 0 Å². The summed E-state index contributed by atoms with van der Waals surface area (Å²) < 4.78 is 51.7. The Hall–Kier alpha value is -2.55. The minimum atomic E-state index is -5.22. The zero-order valence-corrected chi connectivity index (χ0v) is 23.5. The predicted molar refractivity (Wildman–Crippen MR) is 138 cm³/mol. The Morgan fingerprint density at radius 3 is 2.39 bits per heavy atom.